The van der Waals surface area contributed by atoms with Gasteiger partial charge in [-0.3, -0.25) is 14.9 Å². The fraction of sp³-hybridized carbons (Fsp3) is 0.111. The summed E-state index contributed by atoms with van der Waals surface area (Å²) in [5.74, 6) is -0.518. The van der Waals surface area contributed by atoms with Crippen LogP contribution in [0.5, 0.6) is 0 Å². The van der Waals surface area contributed by atoms with E-state index in [0.717, 1.165) is 11.1 Å². The van der Waals surface area contributed by atoms with Crippen molar-refractivity contribution in [3.05, 3.63) is 93.0 Å². The lowest BCUT2D eigenvalue weighted by atomic mass is 10.1. The molecule has 0 aliphatic heterocycles. The van der Waals surface area contributed by atoms with E-state index in [9.17, 15) is 14.9 Å². The fourth-order valence-corrected chi connectivity index (χ4v) is 2.65. The third-order valence-corrected chi connectivity index (χ3v) is 4.04. The predicted molar refractivity (Wildman–Crippen MR) is 97.0 cm³/mol. The standard InChI is InChI=1S/C18H15ClN4O3/c19-15-5-6-16(17(9-15)23(25)26)18(24)21-10-13-1-3-14(4-2-13)11-22-8-7-20-12-22/h1-9,12H,10-11H2,(H,21,24). The van der Waals surface area contributed by atoms with Crippen LogP contribution in [0.4, 0.5) is 5.69 Å². The maximum Gasteiger partial charge on any atom is 0.283 e. The molecule has 0 bridgehead atoms. The Morgan fingerprint density at radius 1 is 1.19 bits per heavy atom. The lowest BCUT2D eigenvalue weighted by Crippen LogP contribution is -2.23. The first-order valence-corrected chi connectivity index (χ1v) is 8.16. The van der Waals surface area contributed by atoms with Crippen LogP contribution in [0.25, 0.3) is 0 Å². The minimum atomic E-state index is -0.619. The summed E-state index contributed by atoms with van der Waals surface area (Å²) in [5, 5.41) is 14.0. The maximum absolute atomic E-state index is 12.3. The van der Waals surface area contributed by atoms with Crippen molar-refractivity contribution >= 4 is 23.2 Å². The van der Waals surface area contributed by atoms with E-state index in [0.29, 0.717) is 6.54 Å². The second-order valence-electron chi connectivity index (χ2n) is 5.65. The quantitative estimate of drug-likeness (QED) is 0.531. The van der Waals surface area contributed by atoms with Crippen LogP contribution in [-0.4, -0.2) is 20.4 Å². The Kier molecular flexibility index (Phi) is 5.28. The number of imidazole rings is 1. The molecule has 26 heavy (non-hydrogen) atoms. The molecule has 132 valence electrons. The number of rotatable bonds is 6. The predicted octanol–water partition coefficient (Wildman–Crippen LogP) is 3.42. The Balaban J connectivity index is 1.64. The summed E-state index contributed by atoms with van der Waals surface area (Å²) >= 11 is 5.76. The van der Waals surface area contributed by atoms with Crippen LogP contribution in [0.2, 0.25) is 5.02 Å². The largest absolute Gasteiger partial charge is 0.348 e. The molecule has 3 aromatic rings. The van der Waals surface area contributed by atoms with Gasteiger partial charge in [0, 0.05) is 36.6 Å². The highest BCUT2D eigenvalue weighted by atomic mass is 35.5. The average molecular weight is 371 g/mol. The molecule has 1 aromatic heterocycles. The number of nitro groups is 1. The number of hydrogen-bond donors (Lipinski definition) is 1. The smallest absolute Gasteiger partial charge is 0.283 e. The van der Waals surface area contributed by atoms with E-state index in [1.807, 2.05) is 35.0 Å². The van der Waals surface area contributed by atoms with Gasteiger partial charge in [-0.05, 0) is 23.3 Å². The minimum Gasteiger partial charge on any atom is -0.348 e. The topological polar surface area (TPSA) is 90.1 Å². The van der Waals surface area contributed by atoms with Crippen molar-refractivity contribution in [2.45, 2.75) is 13.1 Å². The van der Waals surface area contributed by atoms with Gasteiger partial charge >= 0.3 is 0 Å². The van der Waals surface area contributed by atoms with Gasteiger partial charge in [0.25, 0.3) is 11.6 Å². The molecule has 8 heteroatoms. The third-order valence-electron chi connectivity index (χ3n) is 3.80. The Morgan fingerprint density at radius 2 is 1.92 bits per heavy atom. The molecule has 0 spiro atoms. The van der Waals surface area contributed by atoms with Gasteiger partial charge in [0.05, 0.1) is 11.3 Å². The first-order chi connectivity index (χ1) is 12.5. The number of carbonyl (C=O) groups excluding carboxylic acids is 1. The number of nitro benzene ring substituents is 1. The molecular weight excluding hydrogens is 356 g/mol. The minimum absolute atomic E-state index is 0.0175. The zero-order valence-electron chi connectivity index (χ0n) is 13.6. The van der Waals surface area contributed by atoms with Crippen molar-refractivity contribution in [3.8, 4) is 0 Å². The summed E-state index contributed by atoms with van der Waals surface area (Å²) in [6.07, 6.45) is 5.35. The molecule has 3 rings (SSSR count). The lowest BCUT2D eigenvalue weighted by Gasteiger charge is -2.08. The van der Waals surface area contributed by atoms with Gasteiger partial charge in [0.2, 0.25) is 0 Å². The highest BCUT2D eigenvalue weighted by Crippen LogP contribution is 2.23. The van der Waals surface area contributed by atoms with E-state index < -0.39 is 10.8 Å². The van der Waals surface area contributed by atoms with E-state index >= 15 is 0 Å². The average Bonchev–Trinajstić information content (AvgIpc) is 3.13. The molecule has 0 saturated carbocycles. The van der Waals surface area contributed by atoms with Crippen molar-refractivity contribution < 1.29 is 9.72 Å². The summed E-state index contributed by atoms with van der Waals surface area (Å²) < 4.78 is 1.95. The van der Waals surface area contributed by atoms with Gasteiger partial charge in [0.15, 0.2) is 0 Å². The van der Waals surface area contributed by atoms with E-state index in [1.54, 1.807) is 12.5 Å². The van der Waals surface area contributed by atoms with Crippen LogP contribution < -0.4 is 5.32 Å². The van der Waals surface area contributed by atoms with Gasteiger partial charge in [-0.2, -0.15) is 0 Å². The van der Waals surface area contributed by atoms with Crippen LogP contribution in [0.1, 0.15) is 21.5 Å². The molecule has 7 nitrogen and oxygen atoms in total. The summed E-state index contributed by atoms with van der Waals surface area (Å²) in [5.41, 5.74) is 1.66. The number of nitrogens with zero attached hydrogens (tertiary/aromatic N) is 3. The van der Waals surface area contributed by atoms with Crippen molar-refractivity contribution in [1.82, 2.24) is 14.9 Å². The molecule has 1 N–H and O–H groups in total. The summed E-state index contributed by atoms with van der Waals surface area (Å²) in [6.45, 7) is 0.980. The zero-order valence-corrected chi connectivity index (χ0v) is 14.4. The molecule has 0 unspecified atom stereocenters. The lowest BCUT2D eigenvalue weighted by molar-refractivity contribution is -0.385. The van der Waals surface area contributed by atoms with E-state index in [-0.39, 0.29) is 22.8 Å². The van der Waals surface area contributed by atoms with Crippen LogP contribution in [-0.2, 0) is 13.1 Å². The highest BCUT2D eigenvalue weighted by molar-refractivity contribution is 6.31. The van der Waals surface area contributed by atoms with Crippen LogP contribution in [0.15, 0.2) is 61.2 Å². The molecule has 1 heterocycles. The summed E-state index contributed by atoms with van der Waals surface area (Å²) in [7, 11) is 0. The Labute approximate surface area is 154 Å². The van der Waals surface area contributed by atoms with Gasteiger partial charge in [0.1, 0.15) is 5.56 Å². The van der Waals surface area contributed by atoms with Gasteiger partial charge in [-0.1, -0.05) is 35.9 Å². The highest BCUT2D eigenvalue weighted by Gasteiger charge is 2.20. The van der Waals surface area contributed by atoms with Gasteiger partial charge < -0.3 is 9.88 Å². The second kappa shape index (κ2) is 7.79. The summed E-state index contributed by atoms with van der Waals surface area (Å²) in [4.78, 5) is 26.7. The number of halogens is 1. The molecule has 0 fully saturated rings. The number of nitrogens with one attached hydrogen (secondary N) is 1. The molecule has 0 radical (unpaired) electrons. The molecule has 0 saturated heterocycles. The Hall–Kier alpha value is -3.19. The number of amides is 1. The van der Waals surface area contributed by atoms with Crippen molar-refractivity contribution in [2.75, 3.05) is 0 Å². The van der Waals surface area contributed by atoms with E-state index in [4.69, 9.17) is 11.6 Å². The monoisotopic (exact) mass is 370 g/mol. The molecule has 1 amide bonds. The zero-order chi connectivity index (χ0) is 18.5. The molecule has 0 aliphatic carbocycles. The van der Waals surface area contributed by atoms with Crippen molar-refractivity contribution in [2.24, 2.45) is 0 Å². The second-order valence-corrected chi connectivity index (χ2v) is 6.09. The number of benzene rings is 2. The van der Waals surface area contributed by atoms with E-state index in [1.165, 1.54) is 18.2 Å². The molecule has 0 atom stereocenters. The first kappa shape index (κ1) is 17.6. The van der Waals surface area contributed by atoms with Crippen molar-refractivity contribution in [1.29, 1.82) is 0 Å². The molecular formula is C18H15ClN4O3. The Morgan fingerprint density at radius 3 is 2.58 bits per heavy atom. The van der Waals surface area contributed by atoms with Crippen LogP contribution in [0, 0.1) is 10.1 Å². The first-order valence-electron chi connectivity index (χ1n) is 7.78. The summed E-state index contributed by atoms with van der Waals surface area (Å²) in [6, 6.07) is 11.7. The third kappa shape index (κ3) is 4.25. The van der Waals surface area contributed by atoms with Crippen LogP contribution >= 0.6 is 11.6 Å². The Bertz CT molecular complexity index is 924. The van der Waals surface area contributed by atoms with Crippen LogP contribution in [0.3, 0.4) is 0 Å². The molecule has 0 aliphatic rings. The SMILES string of the molecule is O=C(NCc1ccc(Cn2ccnc2)cc1)c1ccc(Cl)cc1[N+](=O)[O-]. The number of carbonyl (C=O) groups is 1. The van der Waals surface area contributed by atoms with Gasteiger partial charge in [-0.25, -0.2) is 4.98 Å². The van der Waals surface area contributed by atoms with Gasteiger partial charge in [-0.15, -0.1) is 0 Å². The van der Waals surface area contributed by atoms with E-state index in [2.05, 4.69) is 10.3 Å². The molecule has 2 aromatic carbocycles. The van der Waals surface area contributed by atoms with Crippen molar-refractivity contribution in [3.63, 3.8) is 0 Å². The normalized spacial score (nSPS) is 10.5. The number of aromatic nitrogens is 2. The maximum atomic E-state index is 12.3. The fourth-order valence-electron chi connectivity index (χ4n) is 2.48. The number of hydrogen-bond acceptors (Lipinski definition) is 4.